The van der Waals surface area contributed by atoms with E-state index in [2.05, 4.69) is 11.1 Å². The van der Waals surface area contributed by atoms with Crippen LogP contribution in [0.5, 0.6) is 0 Å². The molecule has 4 rings (SSSR count). The molecule has 0 radical (unpaired) electrons. The van der Waals surface area contributed by atoms with Crippen LogP contribution in [0.3, 0.4) is 0 Å². The Labute approximate surface area is 174 Å². The lowest BCUT2D eigenvalue weighted by molar-refractivity contribution is -0.135. The second-order valence-corrected chi connectivity index (χ2v) is 7.56. The van der Waals surface area contributed by atoms with Crippen molar-refractivity contribution in [2.45, 2.75) is 6.92 Å². The zero-order valence-electron chi connectivity index (χ0n) is 16.2. The normalized spacial score (nSPS) is 14.7. The summed E-state index contributed by atoms with van der Waals surface area (Å²) in [5.74, 6) is -0.00387. The highest BCUT2D eigenvalue weighted by Crippen LogP contribution is 2.34. The number of hydrogen-bond donors (Lipinski definition) is 1. The summed E-state index contributed by atoms with van der Waals surface area (Å²) in [5.41, 5.74) is 3.87. The molecule has 29 heavy (non-hydrogen) atoms. The monoisotopic (exact) mass is 407 g/mol. The van der Waals surface area contributed by atoms with Crippen LogP contribution in [0.4, 0.5) is 0 Å². The quantitative estimate of drug-likeness (QED) is 0.662. The number of halogens is 1. The number of H-pyrrole nitrogens is 1. The van der Waals surface area contributed by atoms with Gasteiger partial charge in [0, 0.05) is 61.5 Å². The Kier molecular flexibility index (Phi) is 5.41. The zero-order chi connectivity index (χ0) is 20.4. The fourth-order valence-corrected chi connectivity index (χ4v) is 3.99. The Bertz CT molecular complexity index is 1090. The van der Waals surface area contributed by atoms with Crippen molar-refractivity contribution in [3.63, 3.8) is 0 Å². The van der Waals surface area contributed by atoms with Gasteiger partial charge in [0.05, 0.1) is 0 Å². The number of nitrogens with zero attached hydrogens (tertiary/aromatic N) is 2. The first kappa shape index (κ1) is 19.3. The van der Waals surface area contributed by atoms with Crippen LogP contribution in [0.2, 0.25) is 5.02 Å². The first-order chi connectivity index (χ1) is 14.0. The third-order valence-electron chi connectivity index (χ3n) is 5.33. The van der Waals surface area contributed by atoms with E-state index in [9.17, 15) is 9.59 Å². The van der Waals surface area contributed by atoms with Crippen molar-refractivity contribution in [1.82, 2.24) is 14.8 Å². The average molecular weight is 408 g/mol. The van der Waals surface area contributed by atoms with Gasteiger partial charge in [0.15, 0.2) is 0 Å². The molecule has 0 atom stereocenters. The van der Waals surface area contributed by atoms with Gasteiger partial charge in [0.2, 0.25) is 11.8 Å². The van der Waals surface area contributed by atoms with E-state index in [0.29, 0.717) is 31.2 Å². The third kappa shape index (κ3) is 4.05. The predicted octanol–water partition coefficient (Wildman–Crippen LogP) is 4.19. The Morgan fingerprint density at radius 1 is 1.03 bits per heavy atom. The molecule has 3 aromatic rings. The van der Waals surface area contributed by atoms with Crippen LogP contribution in [-0.4, -0.2) is 52.8 Å². The minimum absolute atomic E-state index is 0.0515. The number of hydrogen-bond acceptors (Lipinski definition) is 2. The molecule has 1 N–H and O–H groups in total. The van der Waals surface area contributed by atoms with Gasteiger partial charge in [-0.2, -0.15) is 0 Å². The minimum atomic E-state index is -0.0554. The molecule has 2 amide bonds. The summed E-state index contributed by atoms with van der Waals surface area (Å²) < 4.78 is 0. The number of carbonyl (C=O) groups excluding carboxylic acids is 2. The van der Waals surface area contributed by atoms with Crippen LogP contribution >= 0.6 is 11.6 Å². The van der Waals surface area contributed by atoms with E-state index >= 15 is 0 Å². The topological polar surface area (TPSA) is 56.4 Å². The third-order valence-corrected chi connectivity index (χ3v) is 5.64. The molecule has 148 valence electrons. The molecule has 1 fully saturated rings. The number of piperazine rings is 1. The molecule has 2 aromatic carbocycles. The Hall–Kier alpha value is -3.05. The summed E-state index contributed by atoms with van der Waals surface area (Å²) in [6, 6.07) is 13.9. The average Bonchev–Trinajstić information content (AvgIpc) is 3.20. The van der Waals surface area contributed by atoms with Gasteiger partial charge < -0.3 is 14.8 Å². The summed E-state index contributed by atoms with van der Waals surface area (Å²) in [4.78, 5) is 30.8. The summed E-state index contributed by atoms with van der Waals surface area (Å²) in [5, 5.41) is 1.75. The van der Waals surface area contributed by atoms with Crippen molar-refractivity contribution >= 4 is 40.4 Å². The molecule has 1 saturated heterocycles. The van der Waals surface area contributed by atoms with Crippen LogP contribution < -0.4 is 0 Å². The van der Waals surface area contributed by atoms with E-state index in [0.717, 1.165) is 27.6 Å². The zero-order valence-corrected chi connectivity index (χ0v) is 16.9. The maximum atomic E-state index is 12.6. The van der Waals surface area contributed by atoms with Crippen molar-refractivity contribution in [3.8, 4) is 11.1 Å². The molecule has 0 spiro atoms. The number of fused-ring (bicyclic) bond motifs is 1. The van der Waals surface area contributed by atoms with E-state index in [1.807, 2.05) is 48.7 Å². The van der Waals surface area contributed by atoms with Crippen molar-refractivity contribution in [1.29, 1.82) is 0 Å². The number of aromatic nitrogens is 1. The largest absolute Gasteiger partial charge is 0.361 e. The van der Waals surface area contributed by atoms with Crippen LogP contribution in [0.15, 0.2) is 54.7 Å². The fourth-order valence-electron chi connectivity index (χ4n) is 3.70. The number of nitrogens with one attached hydrogen (secondary N) is 1. The minimum Gasteiger partial charge on any atom is -0.361 e. The summed E-state index contributed by atoms with van der Waals surface area (Å²) in [6.07, 6.45) is 5.32. The smallest absolute Gasteiger partial charge is 0.246 e. The summed E-state index contributed by atoms with van der Waals surface area (Å²) >= 11 is 6.52. The summed E-state index contributed by atoms with van der Waals surface area (Å²) in [7, 11) is 0. The lowest BCUT2D eigenvalue weighted by atomic mass is 9.98. The first-order valence-electron chi connectivity index (χ1n) is 9.61. The lowest BCUT2D eigenvalue weighted by Crippen LogP contribution is -2.49. The maximum Gasteiger partial charge on any atom is 0.246 e. The molecule has 2 heterocycles. The van der Waals surface area contributed by atoms with Gasteiger partial charge >= 0.3 is 0 Å². The van der Waals surface area contributed by atoms with Crippen LogP contribution in [0.25, 0.3) is 28.1 Å². The number of carbonyl (C=O) groups is 2. The highest BCUT2D eigenvalue weighted by Gasteiger charge is 2.21. The number of aromatic amines is 1. The SMILES string of the molecule is CC(=O)N1CCN(C(=O)/C=C/c2cccc(Cl)c2-c2ccc3[nH]ccc3c2)CC1. The Morgan fingerprint density at radius 3 is 2.55 bits per heavy atom. The van der Waals surface area contributed by atoms with Crippen molar-refractivity contribution in [2.24, 2.45) is 0 Å². The molecule has 0 aliphatic carbocycles. The van der Waals surface area contributed by atoms with E-state index in [-0.39, 0.29) is 11.8 Å². The van der Waals surface area contributed by atoms with E-state index < -0.39 is 0 Å². The highest BCUT2D eigenvalue weighted by atomic mass is 35.5. The van der Waals surface area contributed by atoms with Gasteiger partial charge in [-0.05, 0) is 46.9 Å². The standard InChI is InChI=1S/C23H22ClN3O2/c1-16(28)26-11-13-27(14-12-26)22(29)8-6-17-3-2-4-20(24)23(17)19-5-7-21-18(15-19)9-10-25-21/h2-10,15,25H,11-14H2,1H3/b8-6+. The molecular weight excluding hydrogens is 386 g/mol. The van der Waals surface area contributed by atoms with Gasteiger partial charge in [-0.25, -0.2) is 0 Å². The van der Waals surface area contributed by atoms with E-state index in [1.165, 1.54) is 0 Å². The van der Waals surface area contributed by atoms with Gasteiger partial charge in [-0.1, -0.05) is 29.8 Å². The van der Waals surface area contributed by atoms with Crippen LogP contribution in [-0.2, 0) is 9.59 Å². The van der Waals surface area contributed by atoms with Crippen molar-refractivity contribution in [2.75, 3.05) is 26.2 Å². The molecule has 1 aliphatic rings. The molecule has 1 aromatic heterocycles. The van der Waals surface area contributed by atoms with Gasteiger partial charge in [-0.15, -0.1) is 0 Å². The lowest BCUT2D eigenvalue weighted by Gasteiger charge is -2.33. The number of rotatable bonds is 3. The van der Waals surface area contributed by atoms with Crippen molar-refractivity contribution < 1.29 is 9.59 Å². The van der Waals surface area contributed by atoms with Crippen LogP contribution in [0, 0.1) is 0 Å². The van der Waals surface area contributed by atoms with Gasteiger partial charge in [0.25, 0.3) is 0 Å². The fraction of sp³-hybridized carbons (Fsp3) is 0.217. The van der Waals surface area contributed by atoms with Gasteiger partial charge in [0.1, 0.15) is 0 Å². The molecular formula is C23H22ClN3O2. The molecule has 0 saturated carbocycles. The number of amides is 2. The molecule has 6 heteroatoms. The first-order valence-corrected chi connectivity index (χ1v) is 9.99. The van der Waals surface area contributed by atoms with Crippen LogP contribution in [0.1, 0.15) is 12.5 Å². The predicted molar refractivity (Wildman–Crippen MR) is 117 cm³/mol. The highest BCUT2D eigenvalue weighted by molar-refractivity contribution is 6.33. The Morgan fingerprint density at radius 2 is 1.79 bits per heavy atom. The molecule has 0 bridgehead atoms. The number of benzene rings is 2. The van der Waals surface area contributed by atoms with Gasteiger partial charge in [-0.3, -0.25) is 9.59 Å². The van der Waals surface area contributed by atoms with Crippen molar-refractivity contribution in [3.05, 3.63) is 65.3 Å². The summed E-state index contributed by atoms with van der Waals surface area (Å²) in [6.45, 7) is 3.81. The second-order valence-electron chi connectivity index (χ2n) is 7.15. The maximum absolute atomic E-state index is 12.6. The molecule has 1 aliphatic heterocycles. The van der Waals surface area contributed by atoms with E-state index in [4.69, 9.17) is 11.6 Å². The van der Waals surface area contributed by atoms with E-state index in [1.54, 1.807) is 22.8 Å². The second kappa shape index (κ2) is 8.13. The Balaban J connectivity index is 1.57. The molecule has 5 nitrogen and oxygen atoms in total. The molecule has 0 unspecified atom stereocenters.